The van der Waals surface area contributed by atoms with E-state index in [0.717, 1.165) is 11.3 Å². The van der Waals surface area contributed by atoms with Gasteiger partial charge in [0.25, 0.3) is 11.2 Å². The first-order chi connectivity index (χ1) is 18.4. The Morgan fingerprint density at radius 2 is 2.00 bits per heavy atom. The lowest BCUT2D eigenvalue weighted by Crippen LogP contribution is -2.39. The number of allylic oxidation sites excluding steroid dienone is 1. The number of benzene rings is 1. The molecule has 0 saturated heterocycles. The Hall–Kier alpha value is -4.09. The summed E-state index contributed by atoms with van der Waals surface area (Å²) in [5.41, 5.74) is 1.42. The average Bonchev–Trinajstić information content (AvgIpc) is 3.66. The largest absolute Gasteiger partial charge is 0.463 e. The third-order valence-corrected chi connectivity index (χ3v) is 7.88. The van der Waals surface area contributed by atoms with E-state index in [1.165, 1.54) is 34.8 Å². The molecule has 0 bridgehead atoms. The van der Waals surface area contributed by atoms with E-state index in [0.29, 0.717) is 44.1 Å². The minimum Gasteiger partial charge on any atom is -0.463 e. The molecule has 5 rings (SSSR count). The number of nitro groups is 1. The number of fused-ring (bicyclic) bond motifs is 1. The van der Waals surface area contributed by atoms with Crippen LogP contribution in [0.5, 0.6) is 0 Å². The van der Waals surface area contributed by atoms with Crippen LogP contribution in [-0.2, 0) is 9.53 Å². The van der Waals surface area contributed by atoms with Gasteiger partial charge in [-0.05, 0) is 49.1 Å². The van der Waals surface area contributed by atoms with E-state index in [2.05, 4.69) is 0 Å². The van der Waals surface area contributed by atoms with Crippen LogP contribution < -0.4 is 14.9 Å². The van der Waals surface area contributed by atoms with Gasteiger partial charge in [-0.1, -0.05) is 30.7 Å². The van der Waals surface area contributed by atoms with Gasteiger partial charge in [0.05, 0.1) is 27.3 Å². The van der Waals surface area contributed by atoms with Gasteiger partial charge in [-0.25, -0.2) is 9.79 Å². The van der Waals surface area contributed by atoms with Gasteiger partial charge < -0.3 is 9.15 Å². The molecule has 0 fully saturated rings. The Morgan fingerprint density at radius 3 is 2.66 bits per heavy atom. The monoisotopic (exact) mass is 549 g/mol. The summed E-state index contributed by atoms with van der Waals surface area (Å²) in [6, 6.07) is 12.7. The molecule has 194 valence electrons. The van der Waals surface area contributed by atoms with Crippen LogP contribution in [0, 0.1) is 10.1 Å². The molecule has 1 aliphatic rings. The van der Waals surface area contributed by atoms with Crippen LogP contribution >= 0.6 is 22.7 Å². The first-order valence-electron chi connectivity index (χ1n) is 12.0. The molecule has 4 heterocycles. The summed E-state index contributed by atoms with van der Waals surface area (Å²) in [6.07, 6.45) is 3.01. The van der Waals surface area contributed by atoms with Crippen molar-refractivity contribution >= 4 is 40.4 Å². The quantitative estimate of drug-likeness (QED) is 0.177. The van der Waals surface area contributed by atoms with Crippen LogP contribution in [0.15, 0.2) is 79.4 Å². The highest BCUT2D eigenvalue weighted by molar-refractivity contribution is 7.10. The topological polar surface area (TPSA) is 117 Å². The highest BCUT2D eigenvalue weighted by Gasteiger charge is 2.34. The maximum absolute atomic E-state index is 13.7. The smallest absolute Gasteiger partial charge is 0.338 e. The van der Waals surface area contributed by atoms with E-state index in [9.17, 15) is 19.7 Å². The van der Waals surface area contributed by atoms with Crippen LogP contribution in [0.25, 0.3) is 17.4 Å². The molecule has 1 aromatic carbocycles. The number of hydrogen-bond acceptors (Lipinski definition) is 9. The summed E-state index contributed by atoms with van der Waals surface area (Å²) in [5, 5.41) is 12.8. The van der Waals surface area contributed by atoms with Crippen LogP contribution in [0.4, 0.5) is 5.69 Å². The molecule has 0 N–H and O–H groups in total. The number of furan rings is 1. The van der Waals surface area contributed by atoms with Gasteiger partial charge >= 0.3 is 5.97 Å². The van der Waals surface area contributed by atoms with Crippen molar-refractivity contribution in [3.63, 3.8) is 0 Å². The number of non-ortho nitro benzene ring substituents is 1. The molecule has 1 atom stereocenters. The van der Waals surface area contributed by atoms with Crippen molar-refractivity contribution in [2.45, 2.75) is 32.7 Å². The van der Waals surface area contributed by atoms with E-state index in [4.69, 9.17) is 14.1 Å². The number of hydrogen-bond donors (Lipinski definition) is 0. The Kier molecular flexibility index (Phi) is 7.21. The molecule has 38 heavy (non-hydrogen) atoms. The van der Waals surface area contributed by atoms with Crippen molar-refractivity contribution in [3.8, 4) is 11.3 Å². The average molecular weight is 550 g/mol. The van der Waals surface area contributed by atoms with E-state index >= 15 is 0 Å². The summed E-state index contributed by atoms with van der Waals surface area (Å²) in [5.74, 6) is 0.506. The molecule has 0 radical (unpaired) electrons. The lowest BCUT2D eigenvalue weighted by Gasteiger charge is -2.24. The number of aromatic nitrogens is 1. The Balaban J connectivity index is 1.60. The van der Waals surface area contributed by atoms with E-state index in [1.807, 2.05) is 24.4 Å². The third kappa shape index (κ3) is 4.77. The van der Waals surface area contributed by atoms with Crippen molar-refractivity contribution in [1.29, 1.82) is 0 Å². The van der Waals surface area contributed by atoms with Gasteiger partial charge in [-0.2, -0.15) is 0 Å². The normalized spacial score (nSPS) is 15.3. The lowest BCUT2D eigenvalue weighted by atomic mass is 9.99. The minimum atomic E-state index is -0.624. The third-order valence-electron chi connectivity index (χ3n) is 5.97. The number of carbonyl (C=O) groups excluding carboxylic acids is 1. The number of nitrogens with zero attached hydrogens (tertiary/aromatic N) is 3. The molecule has 0 amide bonds. The van der Waals surface area contributed by atoms with Gasteiger partial charge in [0, 0.05) is 28.6 Å². The predicted octanol–water partition coefficient (Wildman–Crippen LogP) is 4.81. The van der Waals surface area contributed by atoms with Gasteiger partial charge in [0.15, 0.2) is 4.80 Å². The number of carbonyl (C=O) groups is 1. The van der Waals surface area contributed by atoms with Crippen molar-refractivity contribution in [2.24, 2.45) is 4.99 Å². The van der Waals surface area contributed by atoms with Crippen molar-refractivity contribution < 1.29 is 18.9 Å². The van der Waals surface area contributed by atoms with E-state index in [1.54, 1.807) is 41.8 Å². The Morgan fingerprint density at radius 1 is 1.21 bits per heavy atom. The predicted molar refractivity (Wildman–Crippen MR) is 145 cm³/mol. The van der Waals surface area contributed by atoms with Gasteiger partial charge in [0.2, 0.25) is 0 Å². The number of esters is 1. The zero-order valence-corrected chi connectivity index (χ0v) is 22.2. The SMILES string of the molecule is CCCC1=C(C(=O)OCC)C(c2cccs2)n2c(s/c(=C\c3ccc(-c4ccc([N+](=O)[O-])cc4)o3)c2=O)=N1. The summed E-state index contributed by atoms with van der Waals surface area (Å²) in [4.78, 5) is 43.4. The molecule has 11 heteroatoms. The molecule has 1 unspecified atom stereocenters. The molecule has 1 aliphatic heterocycles. The summed E-state index contributed by atoms with van der Waals surface area (Å²) in [6.45, 7) is 3.99. The maximum atomic E-state index is 13.7. The lowest BCUT2D eigenvalue weighted by molar-refractivity contribution is -0.384. The van der Waals surface area contributed by atoms with E-state index in [-0.39, 0.29) is 17.9 Å². The first-order valence-corrected chi connectivity index (χ1v) is 13.7. The zero-order valence-electron chi connectivity index (χ0n) is 20.6. The Bertz CT molecular complexity index is 1710. The second-order valence-electron chi connectivity index (χ2n) is 8.43. The summed E-state index contributed by atoms with van der Waals surface area (Å²) in [7, 11) is 0. The van der Waals surface area contributed by atoms with Crippen LogP contribution in [0.1, 0.15) is 43.4 Å². The van der Waals surface area contributed by atoms with Gasteiger partial charge in [-0.3, -0.25) is 19.5 Å². The number of ether oxygens (including phenoxy) is 1. The van der Waals surface area contributed by atoms with E-state index < -0.39 is 16.9 Å². The minimum absolute atomic E-state index is 0.00781. The van der Waals surface area contributed by atoms with Crippen molar-refractivity contribution in [2.75, 3.05) is 6.61 Å². The molecule has 9 nitrogen and oxygen atoms in total. The molecule has 4 aromatic rings. The summed E-state index contributed by atoms with van der Waals surface area (Å²) >= 11 is 2.70. The standard InChI is InChI=1S/C27H23N3O6S2/c1-3-6-19-23(26(32)35-4-2)24(21-7-5-14-37-21)29-25(31)22(38-27(29)28-19)15-18-12-13-20(36-18)16-8-10-17(11-9-16)30(33)34/h5,7-15,24H,3-4,6H2,1-2H3/b22-15-. The van der Waals surface area contributed by atoms with Crippen LogP contribution in [-0.4, -0.2) is 22.1 Å². The van der Waals surface area contributed by atoms with Crippen LogP contribution in [0.3, 0.4) is 0 Å². The first kappa shape index (κ1) is 25.6. The fourth-order valence-corrected chi connectivity index (χ4v) is 6.12. The second kappa shape index (κ2) is 10.7. The fourth-order valence-electron chi connectivity index (χ4n) is 4.30. The number of nitro benzene ring substituents is 1. The second-order valence-corrected chi connectivity index (χ2v) is 10.4. The number of thiazole rings is 1. The highest BCUT2D eigenvalue weighted by Crippen LogP contribution is 2.34. The fraction of sp³-hybridized carbons (Fsp3) is 0.222. The molecular formula is C27H23N3O6S2. The summed E-state index contributed by atoms with van der Waals surface area (Å²) < 4.78 is 13.3. The zero-order chi connectivity index (χ0) is 26.8. The van der Waals surface area contributed by atoms with Crippen molar-refractivity contribution in [1.82, 2.24) is 4.57 Å². The molecular weight excluding hydrogens is 526 g/mol. The van der Waals surface area contributed by atoms with Gasteiger partial charge in [0.1, 0.15) is 17.6 Å². The number of rotatable bonds is 8. The molecule has 0 aliphatic carbocycles. The van der Waals surface area contributed by atoms with Crippen LogP contribution in [0.2, 0.25) is 0 Å². The van der Waals surface area contributed by atoms with Gasteiger partial charge in [-0.15, -0.1) is 11.3 Å². The molecule has 0 saturated carbocycles. The van der Waals surface area contributed by atoms with Crippen molar-refractivity contribution in [3.05, 3.63) is 106 Å². The maximum Gasteiger partial charge on any atom is 0.338 e. The molecule has 0 spiro atoms. The number of thiophene rings is 1. The Labute approximate surface area is 224 Å². The molecule has 3 aromatic heterocycles. The highest BCUT2D eigenvalue weighted by atomic mass is 32.1.